The third-order valence-electron chi connectivity index (χ3n) is 5.23. The van der Waals surface area contributed by atoms with E-state index in [9.17, 15) is 26.7 Å². The molecule has 0 atom stereocenters. The van der Waals surface area contributed by atoms with Crippen LogP contribution in [0, 0.1) is 36.0 Å². The van der Waals surface area contributed by atoms with Gasteiger partial charge in [0, 0.05) is 28.4 Å². The van der Waals surface area contributed by atoms with Gasteiger partial charge in [-0.3, -0.25) is 9.48 Å². The summed E-state index contributed by atoms with van der Waals surface area (Å²) < 4.78 is 73.8. The Hall–Kier alpha value is -3.92. The molecular formula is C25H17ClF5N3O2. The van der Waals surface area contributed by atoms with E-state index in [-0.39, 0.29) is 29.0 Å². The highest BCUT2D eigenvalue weighted by molar-refractivity contribution is 6.31. The smallest absolute Gasteiger partial charge is 0.256 e. The Morgan fingerprint density at radius 1 is 0.972 bits per heavy atom. The van der Waals surface area contributed by atoms with Crippen LogP contribution in [0.3, 0.4) is 0 Å². The number of nitrogens with zero attached hydrogens (tertiary/aromatic N) is 2. The standard InChI is InChI=1S/C25H17ClF5N3O2/c1-13-8-21(33-34(13)11-16-6-7-17(27)9-18(16)26)32-25(35)15-4-2-14(3-5-15)12-36-24-22(30)19(28)10-20(29)23(24)31/h2-10H,11-12H2,1H3,(H,32,33,35). The maximum atomic E-state index is 13.7. The van der Waals surface area contributed by atoms with Crippen LogP contribution in [0.25, 0.3) is 0 Å². The number of benzene rings is 3. The predicted octanol–water partition coefficient (Wildman–Crippen LogP) is 6.42. The molecule has 0 aliphatic rings. The lowest BCUT2D eigenvalue weighted by atomic mass is 10.1. The van der Waals surface area contributed by atoms with Crippen LogP contribution in [0.2, 0.25) is 5.02 Å². The quantitative estimate of drug-likeness (QED) is 0.225. The first-order chi connectivity index (χ1) is 17.1. The van der Waals surface area contributed by atoms with Crippen LogP contribution in [0.1, 0.15) is 27.2 Å². The molecule has 0 unspecified atom stereocenters. The minimum atomic E-state index is -1.64. The van der Waals surface area contributed by atoms with Crippen LogP contribution in [-0.4, -0.2) is 15.7 Å². The number of nitrogens with one attached hydrogen (secondary N) is 1. The summed E-state index contributed by atoms with van der Waals surface area (Å²) in [6, 6.07) is 11.6. The van der Waals surface area contributed by atoms with E-state index in [4.69, 9.17) is 16.3 Å². The van der Waals surface area contributed by atoms with E-state index in [1.54, 1.807) is 23.7 Å². The molecule has 0 fully saturated rings. The fraction of sp³-hybridized carbons (Fsp3) is 0.120. The molecule has 1 aromatic heterocycles. The zero-order chi connectivity index (χ0) is 26.0. The number of aromatic nitrogens is 2. The van der Waals surface area contributed by atoms with Crippen LogP contribution in [0.15, 0.2) is 54.6 Å². The average molecular weight is 522 g/mol. The van der Waals surface area contributed by atoms with E-state index >= 15 is 0 Å². The van der Waals surface area contributed by atoms with Gasteiger partial charge in [0.1, 0.15) is 12.4 Å². The highest BCUT2D eigenvalue weighted by atomic mass is 35.5. The second-order valence-electron chi connectivity index (χ2n) is 7.80. The van der Waals surface area contributed by atoms with Crippen molar-refractivity contribution in [3.63, 3.8) is 0 Å². The van der Waals surface area contributed by atoms with Gasteiger partial charge in [0.05, 0.1) is 6.54 Å². The average Bonchev–Trinajstić information content (AvgIpc) is 3.18. The highest BCUT2D eigenvalue weighted by Crippen LogP contribution is 2.27. The molecule has 0 saturated carbocycles. The van der Waals surface area contributed by atoms with E-state index in [1.807, 2.05) is 0 Å². The van der Waals surface area contributed by atoms with Crippen molar-refractivity contribution in [2.75, 3.05) is 5.32 Å². The van der Waals surface area contributed by atoms with Gasteiger partial charge in [-0.1, -0.05) is 29.8 Å². The molecule has 1 heterocycles. The second-order valence-corrected chi connectivity index (χ2v) is 8.21. The summed E-state index contributed by atoms with van der Waals surface area (Å²) in [4.78, 5) is 12.6. The lowest BCUT2D eigenvalue weighted by Crippen LogP contribution is -2.13. The fourth-order valence-electron chi connectivity index (χ4n) is 3.32. The summed E-state index contributed by atoms with van der Waals surface area (Å²) in [5.74, 6) is -8.24. The Labute approximate surface area is 207 Å². The number of hydrogen-bond acceptors (Lipinski definition) is 3. The Bertz CT molecular complexity index is 1410. The normalized spacial score (nSPS) is 11.0. The Morgan fingerprint density at radius 2 is 1.64 bits per heavy atom. The lowest BCUT2D eigenvalue weighted by molar-refractivity contribution is 0.102. The fourth-order valence-corrected chi connectivity index (χ4v) is 3.54. The maximum absolute atomic E-state index is 13.7. The van der Waals surface area contributed by atoms with Crippen LogP contribution in [0.4, 0.5) is 27.8 Å². The SMILES string of the molecule is Cc1cc(NC(=O)c2ccc(COc3c(F)c(F)cc(F)c3F)cc2)nn1Cc1ccc(F)cc1Cl. The van der Waals surface area contributed by atoms with Crippen LogP contribution < -0.4 is 10.1 Å². The molecule has 186 valence electrons. The molecule has 1 N–H and O–H groups in total. The van der Waals surface area contributed by atoms with Gasteiger partial charge in [-0.15, -0.1) is 0 Å². The first kappa shape index (κ1) is 25.2. The Morgan fingerprint density at radius 3 is 2.28 bits per heavy atom. The number of rotatable bonds is 7. The first-order valence-corrected chi connectivity index (χ1v) is 10.8. The number of ether oxygens (including phenoxy) is 1. The molecule has 4 rings (SSSR count). The molecule has 11 heteroatoms. The van der Waals surface area contributed by atoms with Gasteiger partial charge < -0.3 is 10.1 Å². The van der Waals surface area contributed by atoms with E-state index in [0.29, 0.717) is 11.1 Å². The number of aryl methyl sites for hydroxylation is 1. The van der Waals surface area contributed by atoms with Crippen LogP contribution >= 0.6 is 11.6 Å². The molecule has 5 nitrogen and oxygen atoms in total. The zero-order valence-corrected chi connectivity index (χ0v) is 19.3. The molecule has 0 bridgehead atoms. The number of anilines is 1. The summed E-state index contributed by atoms with van der Waals surface area (Å²) in [5, 5.41) is 7.24. The van der Waals surface area contributed by atoms with Gasteiger partial charge in [-0.2, -0.15) is 13.9 Å². The van der Waals surface area contributed by atoms with E-state index in [2.05, 4.69) is 10.4 Å². The largest absolute Gasteiger partial charge is 0.483 e. The molecule has 0 aliphatic carbocycles. The number of carbonyl (C=O) groups excluding carboxylic acids is 1. The van der Waals surface area contributed by atoms with E-state index in [1.165, 1.54) is 36.4 Å². The molecule has 0 spiro atoms. The molecule has 3 aromatic carbocycles. The van der Waals surface area contributed by atoms with Crippen molar-refractivity contribution in [2.24, 2.45) is 0 Å². The Kier molecular flexibility index (Phi) is 7.25. The van der Waals surface area contributed by atoms with Gasteiger partial charge in [0.2, 0.25) is 11.6 Å². The molecule has 36 heavy (non-hydrogen) atoms. The van der Waals surface area contributed by atoms with Crippen molar-refractivity contribution in [3.05, 3.63) is 111 Å². The third kappa shape index (κ3) is 5.49. The van der Waals surface area contributed by atoms with Gasteiger partial charge in [0.15, 0.2) is 23.2 Å². The summed E-state index contributed by atoms with van der Waals surface area (Å²) in [6.45, 7) is 1.66. The van der Waals surface area contributed by atoms with Gasteiger partial charge in [0.25, 0.3) is 5.91 Å². The topological polar surface area (TPSA) is 56.1 Å². The van der Waals surface area contributed by atoms with Crippen molar-refractivity contribution < 1.29 is 31.5 Å². The zero-order valence-electron chi connectivity index (χ0n) is 18.6. The van der Waals surface area contributed by atoms with Gasteiger partial charge >= 0.3 is 0 Å². The van der Waals surface area contributed by atoms with Crippen molar-refractivity contribution in [2.45, 2.75) is 20.1 Å². The van der Waals surface area contributed by atoms with Crippen LogP contribution in [0.5, 0.6) is 5.75 Å². The minimum Gasteiger partial charge on any atom is -0.483 e. The van der Waals surface area contributed by atoms with Gasteiger partial charge in [-0.05, 0) is 42.3 Å². The molecule has 4 aromatic rings. The van der Waals surface area contributed by atoms with E-state index in [0.717, 1.165) is 5.69 Å². The predicted molar refractivity (Wildman–Crippen MR) is 122 cm³/mol. The van der Waals surface area contributed by atoms with E-state index < -0.39 is 47.3 Å². The molecular weight excluding hydrogens is 505 g/mol. The van der Waals surface area contributed by atoms with Crippen LogP contribution in [-0.2, 0) is 13.2 Å². The van der Waals surface area contributed by atoms with Crippen molar-refractivity contribution >= 4 is 23.3 Å². The molecule has 0 radical (unpaired) electrons. The first-order valence-electron chi connectivity index (χ1n) is 10.5. The molecule has 0 saturated heterocycles. The third-order valence-corrected chi connectivity index (χ3v) is 5.58. The second kappa shape index (κ2) is 10.4. The van der Waals surface area contributed by atoms with Crippen molar-refractivity contribution in [1.82, 2.24) is 9.78 Å². The Balaban J connectivity index is 1.40. The van der Waals surface area contributed by atoms with Gasteiger partial charge in [-0.25, -0.2) is 13.2 Å². The number of carbonyl (C=O) groups is 1. The van der Waals surface area contributed by atoms with Crippen molar-refractivity contribution in [3.8, 4) is 5.75 Å². The number of halogens is 6. The minimum absolute atomic E-state index is 0.0907. The summed E-state index contributed by atoms with van der Waals surface area (Å²) in [5.41, 5.74) is 2.03. The number of amides is 1. The summed E-state index contributed by atoms with van der Waals surface area (Å²) in [6.07, 6.45) is 0. The maximum Gasteiger partial charge on any atom is 0.256 e. The van der Waals surface area contributed by atoms with Crippen molar-refractivity contribution in [1.29, 1.82) is 0 Å². The lowest BCUT2D eigenvalue weighted by Gasteiger charge is -2.10. The monoisotopic (exact) mass is 521 g/mol. The highest BCUT2D eigenvalue weighted by Gasteiger charge is 2.20. The summed E-state index contributed by atoms with van der Waals surface area (Å²) in [7, 11) is 0. The summed E-state index contributed by atoms with van der Waals surface area (Å²) >= 11 is 6.07. The molecule has 1 amide bonds. The molecule has 0 aliphatic heterocycles. The number of hydrogen-bond donors (Lipinski definition) is 1.